The molecule has 0 fully saturated rings. The van der Waals surface area contributed by atoms with Gasteiger partial charge in [-0.25, -0.2) is 0 Å². The molecule has 102 valence electrons. The average molecular weight is 323 g/mol. The zero-order chi connectivity index (χ0) is 14.3. The van der Waals surface area contributed by atoms with Crippen LogP contribution in [0.4, 0.5) is 5.69 Å². The van der Waals surface area contributed by atoms with Gasteiger partial charge in [-0.2, -0.15) is 5.26 Å². The van der Waals surface area contributed by atoms with Crippen LogP contribution in [0.15, 0.2) is 22.7 Å². The van der Waals surface area contributed by atoms with Crippen molar-refractivity contribution >= 4 is 27.5 Å². The van der Waals surface area contributed by atoms with Crippen LogP contribution < -0.4 is 5.32 Å². The molecule has 0 bridgehead atoms. The molecule has 19 heavy (non-hydrogen) atoms. The lowest BCUT2D eigenvalue weighted by atomic mass is 9.98. The number of hydrogen-bond donors (Lipinski definition) is 1. The van der Waals surface area contributed by atoms with Crippen molar-refractivity contribution in [2.45, 2.75) is 39.5 Å². The van der Waals surface area contributed by atoms with Crippen LogP contribution in [0.2, 0.25) is 0 Å². The van der Waals surface area contributed by atoms with E-state index >= 15 is 0 Å². The molecule has 0 heterocycles. The van der Waals surface area contributed by atoms with E-state index in [2.05, 4.69) is 34.2 Å². The summed E-state index contributed by atoms with van der Waals surface area (Å²) >= 11 is 3.35. The van der Waals surface area contributed by atoms with Gasteiger partial charge in [-0.3, -0.25) is 4.79 Å². The molecule has 0 aliphatic rings. The molecule has 3 nitrogen and oxygen atoms in total. The summed E-state index contributed by atoms with van der Waals surface area (Å²) in [6, 6.07) is 7.35. The van der Waals surface area contributed by atoms with Crippen molar-refractivity contribution in [3.63, 3.8) is 0 Å². The van der Waals surface area contributed by atoms with Gasteiger partial charge < -0.3 is 5.32 Å². The highest BCUT2D eigenvalue weighted by Crippen LogP contribution is 2.23. The number of amides is 1. The number of carbonyl (C=O) groups excluding carboxylic acids is 1. The van der Waals surface area contributed by atoms with Gasteiger partial charge in [0.05, 0.1) is 11.3 Å². The van der Waals surface area contributed by atoms with E-state index in [1.807, 2.05) is 6.92 Å². The highest BCUT2D eigenvalue weighted by atomic mass is 79.9. The molecule has 1 atom stereocenters. The van der Waals surface area contributed by atoms with Crippen LogP contribution in [-0.4, -0.2) is 5.91 Å². The molecule has 0 radical (unpaired) electrons. The highest BCUT2D eigenvalue weighted by molar-refractivity contribution is 9.10. The molecule has 0 spiro atoms. The molecule has 1 amide bonds. The van der Waals surface area contributed by atoms with Gasteiger partial charge in [0.15, 0.2) is 0 Å². The molecular weight excluding hydrogens is 304 g/mol. The summed E-state index contributed by atoms with van der Waals surface area (Å²) < 4.78 is 0.850. The van der Waals surface area contributed by atoms with Gasteiger partial charge in [0, 0.05) is 10.4 Å². The molecule has 1 aromatic rings. The lowest BCUT2D eigenvalue weighted by molar-refractivity contribution is -0.120. The smallest absolute Gasteiger partial charge is 0.227 e. The SMILES string of the molecule is CCCCC(CC)C(=O)Nc1cc(Br)ccc1C#N. The van der Waals surface area contributed by atoms with Crippen LogP contribution in [-0.2, 0) is 4.79 Å². The molecule has 0 aromatic heterocycles. The monoisotopic (exact) mass is 322 g/mol. The van der Waals surface area contributed by atoms with Crippen LogP contribution in [0.5, 0.6) is 0 Å². The number of halogens is 1. The second-order valence-corrected chi connectivity index (χ2v) is 5.45. The number of rotatable bonds is 6. The number of unbranched alkanes of at least 4 members (excludes halogenated alkanes) is 1. The number of nitrogens with one attached hydrogen (secondary N) is 1. The minimum absolute atomic E-state index is 0.00514. The second-order valence-electron chi connectivity index (χ2n) is 4.54. The highest BCUT2D eigenvalue weighted by Gasteiger charge is 2.17. The number of nitrogens with zero attached hydrogens (tertiary/aromatic N) is 1. The van der Waals surface area contributed by atoms with E-state index in [9.17, 15) is 4.79 Å². The van der Waals surface area contributed by atoms with Crippen LogP contribution >= 0.6 is 15.9 Å². The maximum atomic E-state index is 12.2. The molecule has 0 aliphatic heterocycles. The van der Waals surface area contributed by atoms with Crippen molar-refractivity contribution in [3.8, 4) is 6.07 Å². The van der Waals surface area contributed by atoms with Gasteiger partial charge in [0.2, 0.25) is 5.91 Å². The molecule has 1 N–H and O–H groups in total. The molecule has 1 unspecified atom stereocenters. The van der Waals surface area contributed by atoms with Crippen LogP contribution in [0.1, 0.15) is 45.1 Å². The van der Waals surface area contributed by atoms with Gasteiger partial charge in [0.1, 0.15) is 6.07 Å². The maximum absolute atomic E-state index is 12.2. The normalized spacial score (nSPS) is 11.7. The van der Waals surface area contributed by atoms with E-state index in [0.717, 1.165) is 30.2 Å². The summed E-state index contributed by atoms with van der Waals surface area (Å²) in [6.07, 6.45) is 3.86. The minimum atomic E-state index is 0.00514. The van der Waals surface area contributed by atoms with E-state index in [1.165, 1.54) is 0 Å². The van der Waals surface area contributed by atoms with Gasteiger partial charge in [-0.1, -0.05) is 42.6 Å². The second kappa shape index (κ2) is 7.96. The first-order valence-corrected chi connectivity index (χ1v) is 7.42. The lowest BCUT2D eigenvalue weighted by Crippen LogP contribution is -2.22. The largest absolute Gasteiger partial charge is 0.325 e. The Kier molecular flexibility index (Phi) is 6.58. The van der Waals surface area contributed by atoms with Gasteiger partial charge >= 0.3 is 0 Å². The summed E-state index contributed by atoms with van der Waals surface area (Å²) in [5, 5.41) is 11.9. The minimum Gasteiger partial charge on any atom is -0.325 e. The fourth-order valence-electron chi connectivity index (χ4n) is 1.92. The third-order valence-corrected chi connectivity index (χ3v) is 3.62. The van der Waals surface area contributed by atoms with Crippen LogP contribution in [0.25, 0.3) is 0 Å². The van der Waals surface area contributed by atoms with Gasteiger partial charge in [-0.15, -0.1) is 0 Å². The Hall–Kier alpha value is -1.34. The quantitative estimate of drug-likeness (QED) is 0.839. The van der Waals surface area contributed by atoms with Crippen molar-refractivity contribution in [1.82, 2.24) is 0 Å². The number of hydrogen-bond acceptors (Lipinski definition) is 2. The Morgan fingerprint density at radius 2 is 2.21 bits per heavy atom. The zero-order valence-corrected chi connectivity index (χ0v) is 13.0. The van der Waals surface area contributed by atoms with Crippen molar-refractivity contribution in [3.05, 3.63) is 28.2 Å². The van der Waals surface area contributed by atoms with Crippen molar-refractivity contribution in [2.75, 3.05) is 5.32 Å². The lowest BCUT2D eigenvalue weighted by Gasteiger charge is -2.15. The molecule has 0 saturated heterocycles. The van der Waals surface area contributed by atoms with Gasteiger partial charge in [0.25, 0.3) is 0 Å². The third kappa shape index (κ3) is 4.68. The molecule has 4 heteroatoms. The van der Waals surface area contributed by atoms with E-state index in [0.29, 0.717) is 11.3 Å². The van der Waals surface area contributed by atoms with Gasteiger partial charge in [-0.05, 0) is 31.0 Å². The first-order chi connectivity index (χ1) is 9.12. The Balaban J connectivity index is 2.80. The number of carbonyl (C=O) groups is 1. The summed E-state index contributed by atoms with van der Waals surface area (Å²) in [6.45, 7) is 4.14. The van der Waals surface area contributed by atoms with Crippen molar-refractivity contribution < 1.29 is 4.79 Å². The summed E-state index contributed by atoms with van der Waals surface area (Å²) in [7, 11) is 0. The summed E-state index contributed by atoms with van der Waals surface area (Å²) in [5.41, 5.74) is 1.07. The third-order valence-electron chi connectivity index (χ3n) is 3.13. The first-order valence-electron chi connectivity index (χ1n) is 6.62. The molecule has 1 aromatic carbocycles. The molecule has 0 aliphatic carbocycles. The fraction of sp³-hybridized carbons (Fsp3) is 0.467. The van der Waals surface area contributed by atoms with E-state index in [1.54, 1.807) is 18.2 Å². The van der Waals surface area contributed by atoms with E-state index in [4.69, 9.17) is 5.26 Å². The summed E-state index contributed by atoms with van der Waals surface area (Å²) in [4.78, 5) is 12.2. The summed E-state index contributed by atoms with van der Waals surface area (Å²) in [5.74, 6) is 0.0241. The standard InChI is InChI=1S/C15H19BrN2O/c1-3-5-6-11(4-2)15(19)18-14-9-13(16)8-7-12(14)10-17/h7-9,11H,3-6H2,1-2H3,(H,18,19). The maximum Gasteiger partial charge on any atom is 0.227 e. The topological polar surface area (TPSA) is 52.9 Å². The van der Waals surface area contributed by atoms with Crippen LogP contribution in [0, 0.1) is 17.2 Å². The Bertz CT molecular complexity index is 480. The fourth-order valence-corrected chi connectivity index (χ4v) is 2.28. The zero-order valence-electron chi connectivity index (χ0n) is 11.4. The predicted octanol–water partition coefficient (Wildman–Crippen LogP) is 4.48. The number of nitriles is 1. The Morgan fingerprint density at radius 1 is 1.47 bits per heavy atom. The molecule has 1 rings (SSSR count). The van der Waals surface area contributed by atoms with E-state index < -0.39 is 0 Å². The predicted molar refractivity (Wildman–Crippen MR) is 80.8 cm³/mol. The molecule has 0 saturated carbocycles. The van der Waals surface area contributed by atoms with Crippen molar-refractivity contribution in [1.29, 1.82) is 5.26 Å². The Labute approximate surface area is 123 Å². The number of anilines is 1. The number of benzene rings is 1. The van der Waals surface area contributed by atoms with Crippen molar-refractivity contribution in [2.24, 2.45) is 5.92 Å². The molecular formula is C15H19BrN2O. The van der Waals surface area contributed by atoms with E-state index in [-0.39, 0.29) is 11.8 Å². The Morgan fingerprint density at radius 3 is 2.79 bits per heavy atom. The van der Waals surface area contributed by atoms with Crippen LogP contribution in [0.3, 0.4) is 0 Å². The first kappa shape index (κ1) is 15.7. The average Bonchev–Trinajstić information content (AvgIpc) is 2.40.